The van der Waals surface area contributed by atoms with Crippen LogP contribution in [-0.2, 0) is 0 Å². The quantitative estimate of drug-likeness (QED) is 0.662. The average Bonchev–Trinajstić information content (AvgIpc) is 2.47. The van der Waals surface area contributed by atoms with E-state index in [9.17, 15) is 19.7 Å². The van der Waals surface area contributed by atoms with Crippen molar-refractivity contribution < 1.29 is 24.7 Å². The number of nitro groups is 1. The van der Waals surface area contributed by atoms with Gasteiger partial charge in [0.15, 0.2) is 0 Å². The van der Waals surface area contributed by atoms with Crippen molar-refractivity contribution in [2.45, 2.75) is 13.8 Å². The summed E-state index contributed by atoms with van der Waals surface area (Å²) < 4.78 is 0. The van der Waals surface area contributed by atoms with Gasteiger partial charge < -0.3 is 10.2 Å². The van der Waals surface area contributed by atoms with Gasteiger partial charge in [0, 0.05) is 11.6 Å². The molecule has 7 nitrogen and oxygen atoms in total. The van der Waals surface area contributed by atoms with E-state index < -0.39 is 11.9 Å². The number of aryl methyl sites for hydroxylation is 2. The zero-order valence-corrected chi connectivity index (χ0v) is 12.5. The van der Waals surface area contributed by atoms with Gasteiger partial charge in [0.25, 0.3) is 5.69 Å². The molecule has 0 atom stereocenters. The number of benzene rings is 2. The molecule has 23 heavy (non-hydrogen) atoms. The number of carboxylic acids is 2. The molecule has 2 aromatic rings. The molecule has 0 aliphatic carbocycles. The van der Waals surface area contributed by atoms with Crippen LogP contribution in [0, 0.1) is 24.0 Å². The van der Waals surface area contributed by atoms with Crippen LogP contribution in [-0.4, -0.2) is 27.1 Å². The Bertz CT molecular complexity index is 721. The normalized spacial score (nSPS) is 9.48. The SMILES string of the molecule is Cc1ccc([N+](=O)[O-])c(C)c1.O=C(O)c1ccccc1C(=O)O. The Morgan fingerprint density at radius 2 is 1.43 bits per heavy atom. The summed E-state index contributed by atoms with van der Waals surface area (Å²) in [6.07, 6.45) is 0. The van der Waals surface area contributed by atoms with E-state index in [-0.39, 0.29) is 21.7 Å². The molecule has 0 aliphatic rings. The van der Waals surface area contributed by atoms with Gasteiger partial charge in [-0.15, -0.1) is 0 Å². The molecule has 0 aromatic heterocycles. The fourth-order valence-electron chi connectivity index (χ4n) is 1.87. The van der Waals surface area contributed by atoms with E-state index in [2.05, 4.69) is 0 Å². The number of aromatic carboxylic acids is 2. The van der Waals surface area contributed by atoms with Crippen LogP contribution in [0.4, 0.5) is 5.69 Å². The highest BCUT2D eigenvalue weighted by molar-refractivity contribution is 6.01. The largest absolute Gasteiger partial charge is 0.478 e. The Morgan fingerprint density at radius 3 is 1.78 bits per heavy atom. The number of nitro benzene ring substituents is 1. The Kier molecular flexibility index (Phi) is 5.96. The van der Waals surface area contributed by atoms with E-state index >= 15 is 0 Å². The van der Waals surface area contributed by atoms with Crippen LogP contribution in [0.3, 0.4) is 0 Å². The summed E-state index contributed by atoms with van der Waals surface area (Å²) in [5.41, 5.74) is 1.58. The second kappa shape index (κ2) is 7.69. The molecule has 0 radical (unpaired) electrons. The second-order valence-electron chi connectivity index (χ2n) is 4.70. The summed E-state index contributed by atoms with van der Waals surface area (Å²) in [4.78, 5) is 30.9. The molecule has 0 spiro atoms. The molecular formula is C16H15NO6. The number of carboxylic acid groups (broad SMARTS) is 2. The minimum absolute atomic E-state index is 0.190. The predicted molar refractivity (Wildman–Crippen MR) is 82.9 cm³/mol. The van der Waals surface area contributed by atoms with Crippen molar-refractivity contribution in [2.75, 3.05) is 0 Å². The van der Waals surface area contributed by atoms with E-state index in [1.54, 1.807) is 19.1 Å². The van der Waals surface area contributed by atoms with Gasteiger partial charge in [0.2, 0.25) is 0 Å². The van der Waals surface area contributed by atoms with Crippen LogP contribution in [0.25, 0.3) is 0 Å². The summed E-state index contributed by atoms with van der Waals surface area (Å²) in [6, 6.07) is 10.6. The molecule has 0 saturated heterocycles. The van der Waals surface area contributed by atoms with Gasteiger partial charge in [-0.25, -0.2) is 9.59 Å². The fraction of sp³-hybridized carbons (Fsp3) is 0.125. The fourth-order valence-corrected chi connectivity index (χ4v) is 1.87. The van der Waals surface area contributed by atoms with Crippen molar-refractivity contribution in [3.63, 3.8) is 0 Å². The lowest BCUT2D eigenvalue weighted by Gasteiger charge is -1.98. The maximum Gasteiger partial charge on any atom is 0.336 e. The molecule has 7 heteroatoms. The molecular weight excluding hydrogens is 302 g/mol. The standard InChI is InChI=1S/C8H9NO2.C8H6O4/c1-6-3-4-8(9(10)11)7(2)5-6;9-7(10)5-3-1-2-4-6(5)8(11)12/h3-5H,1-2H3;1-4H,(H,9,10)(H,11,12). The maximum atomic E-state index is 10.5. The maximum absolute atomic E-state index is 10.5. The Morgan fingerprint density at radius 1 is 0.957 bits per heavy atom. The summed E-state index contributed by atoms with van der Waals surface area (Å²) in [5, 5.41) is 27.4. The Balaban J connectivity index is 0.000000231. The van der Waals surface area contributed by atoms with Gasteiger partial charge in [0.1, 0.15) is 0 Å². The van der Waals surface area contributed by atoms with E-state index in [4.69, 9.17) is 10.2 Å². The lowest BCUT2D eigenvalue weighted by Crippen LogP contribution is -2.06. The van der Waals surface area contributed by atoms with Crippen LogP contribution in [0.2, 0.25) is 0 Å². The first-order valence-corrected chi connectivity index (χ1v) is 6.51. The number of rotatable bonds is 3. The van der Waals surface area contributed by atoms with Crippen molar-refractivity contribution >= 4 is 17.6 Å². The molecule has 0 heterocycles. The Hall–Kier alpha value is -3.22. The number of nitrogens with zero attached hydrogens (tertiary/aromatic N) is 1. The number of carbonyl (C=O) groups is 2. The van der Waals surface area contributed by atoms with Crippen molar-refractivity contribution in [3.8, 4) is 0 Å². The third-order valence-corrected chi connectivity index (χ3v) is 2.94. The molecule has 2 N–H and O–H groups in total. The highest BCUT2D eigenvalue weighted by Crippen LogP contribution is 2.17. The highest BCUT2D eigenvalue weighted by atomic mass is 16.6. The topological polar surface area (TPSA) is 118 Å². The molecule has 0 fully saturated rings. The van der Waals surface area contributed by atoms with Crippen molar-refractivity contribution in [3.05, 3.63) is 74.8 Å². The van der Waals surface area contributed by atoms with E-state index in [1.165, 1.54) is 30.3 Å². The van der Waals surface area contributed by atoms with Gasteiger partial charge in [-0.2, -0.15) is 0 Å². The Labute approximate surface area is 132 Å². The zero-order chi connectivity index (χ0) is 17.6. The van der Waals surface area contributed by atoms with Gasteiger partial charge >= 0.3 is 11.9 Å². The van der Waals surface area contributed by atoms with Crippen LogP contribution < -0.4 is 0 Å². The van der Waals surface area contributed by atoms with Crippen molar-refractivity contribution in [2.24, 2.45) is 0 Å². The molecule has 0 unspecified atom stereocenters. The molecule has 0 saturated carbocycles. The lowest BCUT2D eigenvalue weighted by atomic mass is 10.1. The van der Waals surface area contributed by atoms with Crippen LogP contribution >= 0.6 is 0 Å². The molecule has 0 bridgehead atoms. The molecule has 2 aromatic carbocycles. The minimum Gasteiger partial charge on any atom is -0.478 e. The van der Waals surface area contributed by atoms with Crippen LogP contribution in [0.1, 0.15) is 31.8 Å². The van der Waals surface area contributed by atoms with Gasteiger partial charge in [0.05, 0.1) is 16.1 Å². The van der Waals surface area contributed by atoms with E-state index in [0.717, 1.165) is 11.1 Å². The van der Waals surface area contributed by atoms with Crippen molar-refractivity contribution in [1.29, 1.82) is 0 Å². The van der Waals surface area contributed by atoms with Gasteiger partial charge in [-0.1, -0.05) is 23.8 Å². The average molecular weight is 317 g/mol. The second-order valence-corrected chi connectivity index (χ2v) is 4.70. The van der Waals surface area contributed by atoms with E-state index in [1.807, 2.05) is 6.92 Å². The molecule has 2 rings (SSSR count). The summed E-state index contributed by atoms with van der Waals surface area (Å²) in [6.45, 7) is 3.65. The first kappa shape index (κ1) is 17.8. The third-order valence-electron chi connectivity index (χ3n) is 2.94. The number of hydrogen-bond acceptors (Lipinski definition) is 4. The summed E-state index contributed by atoms with van der Waals surface area (Å²) in [7, 11) is 0. The number of hydrogen-bond donors (Lipinski definition) is 2. The minimum atomic E-state index is -1.23. The highest BCUT2D eigenvalue weighted by Gasteiger charge is 2.13. The molecule has 120 valence electrons. The lowest BCUT2D eigenvalue weighted by molar-refractivity contribution is -0.385. The van der Waals surface area contributed by atoms with Crippen molar-refractivity contribution in [1.82, 2.24) is 0 Å². The zero-order valence-electron chi connectivity index (χ0n) is 12.5. The van der Waals surface area contributed by atoms with Gasteiger partial charge in [-0.3, -0.25) is 10.1 Å². The van der Waals surface area contributed by atoms with E-state index in [0.29, 0.717) is 0 Å². The molecule has 0 amide bonds. The smallest absolute Gasteiger partial charge is 0.336 e. The van der Waals surface area contributed by atoms with Crippen LogP contribution in [0.5, 0.6) is 0 Å². The summed E-state index contributed by atoms with van der Waals surface area (Å²) >= 11 is 0. The molecule has 0 aliphatic heterocycles. The first-order chi connectivity index (χ1) is 10.7. The predicted octanol–water partition coefficient (Wildman–Crippen LogP) is 3.29. The van der Waals surface area contributed by atoms with Crippen LogP contribution in [0.15, 0.2) is 42.5 Å². The van der Waals surface area contributed by atoms with Gasteiger partial charge in [-0.05, 0) is 32.0 Å². The first-order valence-electron chi connectivity index (χ1n) is 6.51. The third kappa shape index (κ3) is 4.92. The monoisotopic (exact) mass is 317 g/mol. The summed E-state index contributed by atoms with van der Waals surface area (Å²) in [5.74, 6) is -2.46.